The second-order valence-electron chi connectivity index (χ2n) is 4.02. The molecule has 1 aromatic heterocycles. The zero-order valence-electron chi connectivity index (χ0n) is 8.43. The summed E-state index contributed by atoms with van der Waals surface area (Å²) < 4.78 is 0. The fourth-order valence-corrected chi connectivity index (χ4v) is 2.57. The van der Waals surface area contributed by atoms with Crippen LogP contribution in [0.4, 0.5) is 0 Å². The predicted molar refractivity (Wildman–Crippen MR) is 56.4 cm³/mol. The summed E-state index contributed by atoms with van der Waals surface area (Å²) in [6.07, 6.45) is 1.11. The second kappa shape index (κ2) is 3.69. The van der Waals surface area contributed by atoms with E-state index in [-0.39, 0.29) is 5.91 Å². The van der Waals surface area contributed by atoms with E-state index >= 15 is 0 Å². The average molecular weight is 210 g/mol. The topological polar surface area (TPSA) is 33.2 Å². The number of nitrogens with zero attached hydrogens (tertiary/aromatic N) is 2. The molecule has 4 heteroatoms. The van der Waals surface area contributed by atoms with Crippen LogP contribution in [0.2, 0.25) is 0 Å². The highest BCUT2D eigenvalue weighted by atomic mass is 32.1. The Balaban J connectivity index is 2.13. The molecule has 0 aliphatic carbocycles. The molecule has 14 heavy (non-hydrogen) atoms. The minimum atomic E-state index is 0.0862. The zero-order valence-corrected chi connectivity index (χ0v) is 9.25. The molecule has 0 radical (unpaired) electrons. The van der Waals surface area contributed by atoms with Crippen molar-refractivity contribution in [1.82, 2.24) is 9.88 Å². The third kappa shape index (κ3) is 1.66. The van der Waals surface area contributed by atoms with Crippen LogP contribution < -0.4 is 0 Å². The molecule has 0 bridgehead atoms. The van der Waals surface area contributed by atoms with Gasteiger partial charge in [0.2, 0.25) is 0 Å². The zero-order chi connectivity index (χ0) is 10.1. The Labute approximate surface area is 87.8 Å². The van der Waals surface area contributed by atoms with Crippen molar-refractivity contribution < 1.29 is 4.79 Å². The van der Waals surface area contributed by atoms with E-state index in [2.05, 4.69) is 18.8 Å². The van der Waals surface area contributed by atoms with Gasteiger partial charge in [0.25, 0.3) is 5.91 Å². The minimum Gasteiger partial charge on any atom is -0.334 e. The van der Waals surface area contributed by atoms with Crippen molar-refractivity contribution in [3.63, 3.8) is 0 Å². The summed E-state index contributed by atoms with van der Waals surface area (Å²) in [5.74, 6) is 0.704. The Morgan fingerprint density at radius 2 is 2.43 bits per heavy atom. The number of carbonyl (C=O) groups excluding carboxylic acids is 1. The number of rotatable bonds is 1. The minimum absolute atomic E-state index is 0.0862. The fraction of sp³-hybridized carbons (Fsp3) is 0.600. The van der Waals surface area contributed by atoms with Crippen LogP contribution in [-0.4, -0.2) is 28.4 Å². The fourth-order valence-electron chi connectivity index (χ4n) is 2.05. The maximum absolute atomic E-state index is 11.9. The van der Waals surface area contributed by atoms with Gasteiger partial charge >= 0.3 is 0 Å². The number of hydrogen-bond acceptors (Lipinski definition) is 3. The van der Waals surface area contributed by atoms with E-state index < -0.39 is 0 Å². The lowest BCUT2D eigenvalue weighted by molar-refractivity contribution is 0.0738. The van der Waals surface area contributed by atoms with Crippen molar-refractivity contribution in [2.45, 2.75) is 26.3 Å². The molecule has 2 rings (SSSR count). The molecule has 0 aromatic carbocycles. The second-order valence-corrected chi connectivity index (χ2v) is 4.74. The van der Waals surface area contributed by atoms with Crippen LogP contribution in [0.3, 0.4) is 0 Å². The van der Waals surface area contributed by atoms with Crippen LogP contribution in [0.15, 0.2) is 10.9 Å². The monoisotopic (exact) mass is 210 g/mol. The van der Waals surface area contributed by atoms with Gasteiger partial charge in [0.1, 0.15) is 5.69 Å². The lowest BCUT2D eigenvalue weighted by Crippen LogP contribution is -2.34. The van der Waals surface area contributed by atoms with Crippen LogP contribution in [0.5, 0.6) is 0 Å². The lowest BCUT2D eigenvalue weighted by Gasteiger charge is -2.20. The highest BCUT2D eigenvalue weighted by Gasteiger charge is 2.31. The molecule has 1 amide bonds. The van der Waals surface area contributed by atoms with Gasteiger partial charge in [-0.25, -0.2) is 4.98 Å². The number of hydrogen-bond donors (Lipinski definition) is 0. The van der Waals surface area contributed by atoms with E-state index in [1.807, 2.05) is 10.3 Å². The van der Waals surface area contributed by atoms with Gasteiger partial charge in [-0.1, -0.05) is 6.92 Å². The van der Waals surface area contributed by atoms with Crippen molar-refractivity contribution in [1.29, 1.82) is 0 Å². The summed E-state index contributed by atoms with van der Waals surface area (Å²) in [7, 11) is 0. The van der Waals surface area contributed by atoms with Gasteiger partial charge < -0.3 is 4.90 Å². The van der Waals surface area contributed by atoms with Crippen LogP contribution in [-0.2, 0) is 0 Å². The number of carbonyl (C=O) groups is 1. The molecular formula is C10H14N2OS. The van der Waals surface area contributed by atoms with E-state index in [1.54, 1.807) is 5.51 Å². The molecule has 0 spiro atoms. The molecular weight excluding hydrogens is 196 g/mol. The molecule has 1 fully saturated rings. The summed E-state index contributed by atoms with van der Waals surface area (Å²) in [6, 6.07) is 0.360. The Kier molecular flexibility index (Phi) is 2.54. The van der Waals surface area contributed by atoms with Gasteiger partial charge in [0.05, 0.1) is 5.51 Å². The Bertz CT molecular complexity index is 323. The lowest BCUT2D eigenvalue weighted by atomic mass is 10.1. The number of likely N-dealkylation sites (tertiary alicyclic amines) is 1. The van der Waals surface area contributed by atoms with Crippen LogP contribution in [0.1, 0.15) is 30.8 Å². The molecule has 1 saturated heterocycles. The van der Waals surface area contributed by atoms with Crippen LogP contribution in [0.25, 0.3) is 0 Å². The van der Waals surface area contributed by atoms with Crippen molar-refractivity contribution >= 4 is 17.2 Å². The van der Waals surface area contributed by atoms with Crippen molar-refractivity contribution in [2.24, 2.45) is 5.92 Å². The van der Waals surface area contributed by atoms with Gasteiger partial charge in [0, 0.05) is 18.0 Å². The smallest absolute Gasteiger partial charge is 0.273 e. The predicted octanol–water partition coefficient (Wildman–Crippen LogP) is 2.01. The van der Waals surface area contributed by atoms with Gasteiger partial charge in [0.15, 0.2) is 0 Å². The number of aromatic nitrogens is 1. The highest BCUT2D eigenvalue weighted by Crippen LogP contribution is 2.24. The first kappa shape index (κ1) is 9.65. The first-order chi connectivity index (χ1) is 6.68. The Morgan fingerprint density at radius 3 is 2.93 bits per heavy atom. The van der Waals surface area contributed by atoms with E-state index in [4.69, 9.17) is 0 Å². The third-order valence-electron chi connectivity index (χ3n) is 2.70. The maximum Gasteiger partial charge on any atom is 0.273 e. The molecule has 2 heterocycles. The van der Waals surface area contributed by atoms with E-state index in [0.29, 0.717) is 17.7 Å². The first-order valence-corrected chi connectivity index (χ1v) is 5.82. The summed E-state index contributed by atoms with van der Waals surface area (Å²) >= 11 is 1.47. The van der Waals surface area contributed by atoms with Crippen molar-refractivity contribution in [2.75, 3.05) is 6.54 Å². The van der Waals surface area contributed by atoms with E-state index in [1.165, 1.54) is 11.3 Å². The summed E-state index contributed by atoms with van der Waals surface area (Å²) in [4.78, 5) is 17.9. The average Bonchev–Trinajstić information content (AvgIpc) is 2.73. The van der Waals surface area contributed by atoms with Gasteiger partial charge in [-0.05, 0) is 19.3 Å². The molecule has 0 N–H and O–H groups in total. The highest BCUT2D eigenvalue weighted by molar-refractivity contribution is 7.07. The molecule has 1 aliphatic rings. The van der Waals surface area contributed by atoms with Crippen LogP contribution in [0, 0.1) is 5.92 Å². The molecule has 1 aliphatic heterocycles. The van der Waals surface area contributed by atoms with E-state index in [9.17, 15) is 4.79 Å². The molecule has 0 saturated carbocycles. The summed E-state index contributed by atoms with van der Waals surface area (Å²) in [5, 5.41) is 1.82. The quantitative estimate of drug-likeness (QED) is 0.710. The Hall–Kier alpha value is -0.900. The molecule has 2 atom stereocenters. The molecule has 1 aromatic rings. The molecule has 2 unspecified atom stereocenters. The van der Waals surface area contributed by atoms with Gasteiger partial charge in [-0.3, -0.25) is 4.79 Å². The molecule has 3 nitrogen and oxygen atoms in total. The van der Waals surface area contributed by atoms with E-state index in [0.717, 1.165) is 13.0 Å². The number of amides is 1. The third-order valence-corrected chi connectivity index (χ3v) is 3.28. The van der Waals surface area contributed by atoms with Crippen molar-refractivity contribution in [3.8, 4) is 0 Å². The van der Waals surface area contributed by atoms with Gasteiger partial charge in [-0.15, -0.1) is 11.3 Å². The summed E-state index contributed by atoms with van der Waals surface area (Å²) in [6.45, 7) is 5.16. The maximum atomic E-state index is 11.9. The van der Waals surface area contributed by atoms with Gasteiger partial charge in [-0.2, -0.15) is 0 Å². The SMILES string of the molecule is CC1CC(C)N(C(=O)c2cscn2)C1. The Morgan fingerprint density at radius 1 is 1.64 bits per heavy atom. The standard InChI is InChI=1S/C10H14N2OS/c1-7-3-8(2)12(4-7)10(13)9-5-14-6-11-9/h5-8H,3-4H2,1-2H3. The number of thiazole rings is 1. The van der Waals surface area contributed by atoms with Crippen molar-refractivity contribution in [3.05, 3.63) is 16.6 Å². The first-order valence-electron chi connectivity index (χ1n) is 4.87. The molecule has 76 valence electrons. The normalized spacial score (nSPS) is 26.9. The largest absolute Gasteiger partial charge is 0.334 e. The summed E-state index contributed by atoms with van der Waals surface area (Å²) in [5.41, 5.74) is 2.30. The van der Waals surface area contributed by atoms with Crippen LogP contribution >= 0.6 is 11.3 Å².